The number of fused-ring (bicyclic) bond motifs is 1. The quantitative estimate of drug-likeness (QED) is 0.618. The first-order valence-corrected chi connectivity index (χ1v) is 10.2. The van der Waals surface area contributed by atoms with Gasteiger partial charge in [-0.25, -0.2) is 0 Å². The van der Waals surface area contributed by atoms with Crippen molar-refractivity contribution in [3.05, 3.63) is 94.6 Å². The SMILES string of the molecule is CC1=CCCC2=C1C(=O)N(C1C=CC(NC(=O)c3ccccn3)c3cnccc31)C2=O. The Bertz CT molecular complexity index is 1200. The summed E-state index contributed by atoms with van der Waals surface area (Å²) in [4.78, 5) is 48.6. The van der Waals surface area contributed by atoms with Crippen molar-refractivity contribution < 1.29 is 14.4 Å². The van der Waals surface area contributed by atoms with Crippen molar-refractivity contribution in [2.75, 3.05) is 0 Å². The molecule has 5 rings (SSSR count). The van der Waals surface area contributed by atoms with Gasteiger partial charge in [-0.1, -0.05) is 24.3 Å². The molecule has 7 heteroatoms. The Morgan fingerprint density at radius 1 is 1.10 bits per heavy atom. The van der Waals surface area contributed by atoms with Crippen LogP contribution in [0.2, 0.25) is 0 Å². The third-order valence-corrected chi connectivity index (χ3v) is 5.94. The number of nitrogens with one attached hydrogen (secondary N) is 1. The molecule has 0 fully saturated rings. The van der Waals surface area contributed by atoms with Gasteiger partial charge in [0, 0.05) is 29.7 Å². The molecule has 0 saturated heterocycles. The minimum Gasteiger partial charge on any atom is -0.340 e. The van der Waals surface area contributed by atoms with Crippen LogP contribution in [-0.2, 0) is 9.59 Å². The zero-order chi connectivity index (χ0) is 21.5. The van der Waals surface area contributed by atoms with Gasteiger partial charge in [0.2, 0.25) is 0 Å². The van der Waals surface area contributed by atoms with Crippen molar-refractivity contribution in [2.45, 2.75) is 31.8 Å². The molecule has 2 aromatic heterocycles. The minimum atomic E-state index is -0.542. The van der Waals surface area contributed by atoms with Crippen LogP contribution in [0, 0.1) is 0 Å². The van der Waals surface area contributed by atoms with Crippen molar-refractivity contribution in [1.29, 1.82) is 0 Å². The molecular weight excluding hydrogens is 392 g/mol. The normalized spacial score (nSPS) is 22.2. The topological polar surface area (TPSA) is 92.3 Å². The van der Waals surface area contributed by atoms with Crippen molar-refractivity contribution >= 4 is 17.7 Å². The molecule has 0 spiro atoms. The molecule has 31 heavy (non-hydrogen) atoms. The first-order valence-electron chi connectivity index (χ1n) is 10.2. The zero-order valence-corrected chi connectivity index (χ0v) is 16.9. The molecule has 3 heterocycles. The van der Waals surface area contributed by atoms with Gasteiger partial charge in [0.1, 0.15) is 5.69 Å². The van der Waals surface area contributed by atoms with E-state index in [1.165, 1.54) is 4.90 Å². The number of imide groups is 1. The molecule has 0 bridgehead atoms. The second-order valence-corrected chi connectivity index (χ2v) is 7.76. The van der Waals surface area contributed by atoms with E-state index >= 15 is 0 Å². The fraction of sp³-hybridized carbons (Fsp3) is 0.208. The Kier molecular flexibility index (Phi) is 4.58. The number of nitrogens with zero attached hydrogens (tertiary/aromatic N) is 3. The molecule has 0 saturated carbocycles. The van der Waals surface area contributed by atoms with Crippen molar-refractivity contribution in [1.82, 2.24) is 20.2 Å². The van der Waals surface area contributed by atoms with Crippen LogP contribution in [0.5, 0.6) is 0 Å². The van der Waals surface area contributed by atoms with Crippen LogP contribution in [0.15, 0.2) is 77.8 Å². The Balaban J connectivity index is 1.46. The molecule has 3 aliphatic rings. The molecular formula is C24H20N4O3. The number of carbonyl (C=O) groups excluding carboxylic acids is 3. The van der Waals surface area contributed by atoms with Gasteiger partial charge in [0.15, 0.2) is 0 Å². The summed E-state index contributed by atoms with van der Waals surface area (Å²) < 4.78 is 0. The van der Waals surface area contributed by atoms with Crippen LogP contribution >= 0.6 is 0 Å². The summed E-state index contributed by atoms with van der Waals surface area (Å²) in [5, 5.41) is 2.95. The first kappa shape index (κ1) is 19.1. The van der Waals surface area contributed by atoms with E-state index in [0.717, 1.165) is 23.1 Å². The molecule has 2 aromatic rings. The number of amides is 3. The van der Waals surface area contributed by atoms with Gasteiger partial charge < -0.3 is 5.32 Å². The standard InChI is InChI=1S/C24H20N4O3/c1-14-5-4-6-16-21(14)24(31)28(23(16)30)20-9-8-18(17-13-25-12-10-15(17)20)27-22(29)19-7-2-3-11-26-19/h2-3,5,7-13,18,20H,4,6H2,1H3,(H,27,29). The molecule has 7 nitrogen and oxygen atoms in total. The van der Waals surface area contributed by atoms with Gasteiger partial charge in [-0.3, -0.25) is 29.3 Å². The lowest BCUT2D eigenvalue weighted by Crippen LogP contribution is -2.38. The average molecular weight is 412 g/mol. The smallest absolute Gasteiger partial charge is 0.270 e. The lowest BCUT2D eigenvalue weighted by Gasteiger charge is -2.32. The van der Waals surface area contributed by atoms with E-state index < -0.39 is 12.1 Å². The number of pyridine rings is 2. The largest absolute Gasteiger partial charge is 0.340 e. The van der Waals surface area contributed by atoms with E-state index in [4.69, 9.17) is 0 Å². The maximum atomic E-state index is 13.2. The molecule has 1 N–H and O–H groups in total. The van der Waals surface area contributed by atoms with Crippen LogP contribution in [0.1, 0.15) is 53.5 Å². The van der Waals surface area contributed by atoms with Crippen molar-refractivity contribution in [3.8, 4) is 0 Å². The van der Waals surface area contributed by atoms with Gasteiger partial charge in [-0.05, 0) is 49.1 Å². The number of aromatic nitrogens is 2. The summed E-state index contributed by atoms with van der Waals surface area (Å²) in [6.07, 6.45) is 11.8. The predicted octanol–water partition coefficient (Wildman–Crippen LogP) is 2.96. The van der Waals surface area contributed by atoms with Crippen molar-refractivity contribution in [2.24, 2.45) is 0 Å². The zero-order valence-electron chi connectivity index (χ0n) is 16.9. The average Bonchev–Trinajstić information content (AvgIpc) is 3.05. The fourth-order valence-corrected chi connectivity index (χ4v) is 4.45. The van der Waals surface area contributed by atoms with Crippen LogP contribution in [0.4, 0.5) is 0 Å². The number of rotatable bonds is 3. The lowest BCUT2D eigenvalue weighted by atomic mass is 9.90. The number of hydrogen-bond acceptors (Lipinski definition) is 5. The minimum absolute atomic E-state index is 0.235. The van der Waals surface area contributed by atoms with Gasteiger partial charge in [0.05, 0.1) is 17.7 Å². The van der Waals surface area contributed by atoms with Crippen LogP contribution in [0.3, 0.4) is 0 Å². The highest BCUT2D eigenvalue weighted by Gasteiger charge is 2.44. The Hall–Kier alpha value is -3.87. The monoisotopic (exact) mass is 412 g/mol. The molecule has 1 aliphatic heterocycles. The highest BCUT2D eigenvalue weighted by molar-refractivity contribution is 6.22. The van der Waals surface area contributed by atoms with Crippen molar-refractivity contribution in [3.63, 3.8) is 0 Å². The Morgan fingerprint density at radius 3 is 2.74 bits per heavy atom. The Morgan fingerprint density at radius 2 is 1.97 bits per heavy atom. The number of carbonyl (C=O) groups is 3. The van der Waals surface area contributed by atoms with E-state index in [2.05, 4.69) is 15.3 Å². The second kappa shape index (κ2) is 7.43. The van der Waals surface area contributed by atoms with Crippen LogP contribution in [-0.4, -0.2) is 32.6 Å². The molecule has 2 unspecified atom stereocenters. The summed E-state index contributed by atoms with van der Waals surface area (Å²) in [5.74, 6) is -0.808. The number of allylic oxidation sites excluding steroid dienone is 1. The maximum Gasteiger partial charge on any atom is 0.270 e. The third kappa shape index (κ3) is 3.09. The summed E-state index contributed by atoms with van der Waals surface area (Å²) in [7, 11) is 0. The van der Waals surface area contributed by atoms with E-state index in [9.17, 15) is 14.4 Å². The maximum absolute atomic E-state index is 13.2. The van der Waals surface area contributed by atoms with E-state index in [1.807, 2.05) is 13.0 Å². The summed E-state index contributed by atoms with van der Waals surface area (Å²) in [6.45, 7) is 1.88. The van der Waals surface area contributed by atoms with Gasteiger partial charge in [-0.15, -0.1) is 0 Å². The summed E-state index contributed by atoms with van der Waals surface area (Å²) in [6, 6.07) is 5.95. The van der Waals surface area contributed by atoms with Gasteiger partial charge in [0.25, 0.3) is 17.7 Å². The predicted molar refractivity (Wildman–Crippen MR) is 112 cm³/mol. The van der Waals surface area contributed by atoms with Gasteiger partial charge >= 0.3 is 0 Å². The molecule has 0 aromatic carbocycles. The van der Waals surface area contributed by atoms with E-state index in [-0.39, 0.29) is 17.7 Å². The third-order valence-electron chi connectivity index (χ3n) is 5.94. The Labute approximate surface area is 179 Å². The molecule has 154 valence electrons. The number of hydrogen-bond donors (Lipinski definition) is 1. The van der Waals surface area contributed by atoms with E-state index in [0.29, 0.717) is 23.3 Å². The fourth-order valence-electron chi connectivity index (χ4n) is 4.45. The van der Waals surface area contributed by atoms with Crippen LogP contribution in [0.25, 0.3) is 0 Å². The molecule has 3 amide bonds. The summed E-state index contributed by atoms with van der Waals surface area (Å²) >= 11 is 0. The highest BCUT2D eigenvalue weighted by Crippen LogP contribution is 2.41. The first-order chi connectivity index (χ1) is 15.1. The summed E-state index contributed by atoms with van der Waals surface area (Å²) in [5.41, 5.74) is 3.82. The highest BCUT2D eigenvalue weighted by atomic mass is 16.2. The molecule has 0 radical (unpaired) electrons. The van der Waals surface area contributed by atoms with Crippen LogP contribution < -0.4 is 5.32 Å². The van der Waals surface area contributed by atoms with Gasteiger partial charge in [-0.2, -0.15) is 0 Å². The second-order valence-electron chi connectivity index (χ2n) is 7.76. The van der Waals surface area contributed by atoms with E-state index in [1.54, 1.807) is 55.0 Å². The lowest BCUT2D eigenvalue weighted by molar-refractivity contribution is -0.139. The molecule has 2 aliphatic carbocycles. The molecule has 2 atom stereocenters.